The van der Waals surface area contributed by atoms with Crippen LogP contribution in [0, 0.1) is 5.41 Å². The van der Waals surface area contributed by atoms with E-state index in [4.69, 9.17) is 13.9 Å². The molecule has 3 rings (SSSR count). The molecule has 27 heavy (non-hydrogen) atoms. The number of hydrogen-bond donors (Lipinski definition) is 0. The Hall–Kier alpha value is -1.73. The van der Waals surface area contributed by atoms with Gasteiger partial charge in [0.2, 0.25) is 0 Å². The first-order valence-corrected chi connectivity index (χ1v) is 9.07. The number of fused-ring (bicyclic) bond motifs is 1. The molecule has 1 aromatic carbocycles. The average Bonchev–Trinajstić information content (AvgIpc) is 2.92. The molecule has 0 radical (unpaired) electrons. The molecule has 0 saturated carbocycles. The van der Waals surface area contributed by atoms with E-state index in [9.17, 15) is 13.2 Å². The summed E-state index contributed by atoms with van der Waals surface area (Å²) in [5, 5.41) is 0.600. The van der Waals surface area contributed by atoms with Gasteiger partial charge in [0.1, 0.15) is 35.7 Å². The molecular weight excluding hydrogens is 359 g/mol. The maximum Gasteiger partial charge on any atom is 0.399 e. The summed E-state index contributed by atoms with van der Waals surface area (Å²) < 4.78 is 57.7. The van der Waals surface area contributed by atoms with Gasteiger partial charge in [-0.2, -0.15) is 13.2 Å². The van der Waals surface area contributed by atoms with Crippen molar-refractivity contribution in [3.63, 3.8) is 0 Å². The van der Waals surface area contributed by atoms with Crippen LogP contribution in [0.5, 0.6) is 5.75 Å². The van der Waals surface area contributed by atoms with Crippen LogP contribution in [0.1, 0.15) is 32.4 Å². The third kappa shape index (κ3) is 4.76. The zero-order valence-corrected chi connectivity index (χ0v) is 16.1. The van der Waals surface area contributed by atoms with Crippen molar-refractivity contribution in [2.45, 2.75) is 39.0 Å². The molecule has 0 spiro atoms. The molecule has 4 nitrogen and oxygen atoms in total. The Morgan fingerprint density at radius 1 is 1.22 bits per heavy atom. The van der Waals surface area contributed by atoms with Crippen LogP contribution < -0.4 is 4.74 Å². The van der Waals surface area contributed by atoms with Crippen molar-refractivity contribution in [2.75, 3.05) is 33.4 Å². The van der Waals surface area contributed by atoms with Crippen molar-refractivity contribution in [2.24, 2.45) is 5.41 Å². The average molecular weight is 385 g/mol. The Kier molecular flexibility index (Phi) is 5.45. The highest BCUT2D eigenvalue weighted by Crippen LogP contribution is 2.48. The van der Waals surface area contributed by atoms with Crippen LogP contribution in [0.3, 0.4) is 0 Å². The van der Waals surface area contributed by atoms with Crippen LogP contribution in [-0.4, -0.2) is 50.5 Å². The molecule has 1 aliphatic heterocycles. The molecule has 0 aliphatic carbocycles. The van der Waals surface area contributed by atoms with Crippen LogP contribution in [0.25, 0.3) is 11.0 Å². The van der Waals surface area contributed by atoms with E-state index >= 15 is 0 Å². The summed E-state index contributed by atoms with van der Waals surface area (Å²) in [4.78, 5) is 2.17. The van der Waals surface area contributed by atoms with E-state index in [1.54, 1.807) is 39.0 Å². The van der Waals surface area contributed by atoms with Gasteiger partial charge in [0.25, 0.3) is 0 Å². The molecule has 2 unspecified atom stereocenters. The summed E-state index contributed by atoms with van der Waals surface area (Å²) >= 11 is 0. The Labute approximate surface area is 157 Å². The molecule has 1 fully saturated rings. The number of morpholine rings is 1. The lowest BCUT2D eigenvalue weighted by Crippen LogP contribution is -2.42. The normalized spacial score (nSPS) is 20.8. The lowest BCUT2D eigenvalue weighted by atomic mass is 9.78. The zero-order valence-electron chi connectivity index (χ0n) is 16.1. The Morgan fingerprint density at radius 3 is 2.59 bits per heavy atom. The van der Waals surface area contributed by atoms with E-state index in [2.05, 4.69) is 4.90 Å². The summed E-state index contributed by atoms with van der Waals surface area (Å²) in [7, 11) is 2.03. The fraction of sp³-hybridized carbons (Fsp3) is 0.600. The van der Waals surface area contributed by atoms with Gasteiger partial charge in [-0.05, 0) is 36.7 Å². The van der Waals surface area contributed by atoms with E-state index in [1.807, 2.05) is 7.05 Å². The number of nitrogens with zero attached hydrogens (tertiary/aromatic N) is 1. The molecule has 7 heteroatoms. The maximum absolute atomic E-state index is 13.6. The molecule has 1 aromatic heterocycles. The molecule has 1 aliphatic rings. The third-order valence-corrected chi connectivity index (χ3v) is 4.76. The second-order valence-corrected chi connectivity index (χ2v) is 8.26. The fourth-order valence-corrected chi connectivity index (χ4v) is 3.51. The van der Waals surface area contributed by atoms with Gasteiger partial charge in [-0.25, -0.2) is 0 Å². The summed E-state index contributed by atoms with van der Waals surface area (Å²) in [6.45, 7) is 7.44. The van der Waals surface area contributed by atoms with E-state index < -0.39 is 17.5 Å². The summed E-state index contributed by atoms with van der Waals surface area (Å²) in [5.41, 5.74) is -0.583. The first-order chi connectivity index (χ1) is 12.5. The molecule has 1 saturated heterocycles. The second kappa shape index (κ2) is 7.36. The fourth-order valence-electron chi connectivity index (χ4n) is 3.51. The van der Waals surface area contributed by atoms with E-state index in [0.717, 1.165) is 13.1 Å². The van der Waals surface area contributed by atoms with Gasteiger partial charge in [0, 0.05) is 18.5 Å². The molecule has 2 heterocycles. The predicted octanol–water partition coefficient (Wildman–Crippen LogP) is 4.83. The van der Waals surface area contributed by atoms with Crippen molar-refractivity contribution in [3.05, 3.63) is 30.0 Å². The summed E-state index contributed by atoms with van der Waals surface area (Å²) in [6, 6.07) is 6.54. The van der Waals surface area contributed by atoms with Gasteiger partial charge in [0.15, 0.2) is 0 Å². The number of furan rings is 1. The van der Waals surface area contributed by atoms with Crippen LogP contribution in [-0.2, 0) is 4.74 Å². The number of benzene rings is 1. The SMILES string of the molecule is CN1CCOC(COc2ccc3oc(C(C(C)(C)C)C(F)(F)F)cc3c2)C1. The van der Waals surface area contributed by atoms with Crippen LogP contribution in [0.2, 0.25) is 0 Å². The number of hydrogen-bond acceptors (Lipinski definition) is 4. The molecule has 0 N–H and O–H groups in total. The van der Waals surface area contributed by atoms with Crippen molar-refractivity contribution in [3.8, 4) is 5.75 Å². The van der Waals surface area contributed by atoms with Crippen molar-refractivity contribution in [1.82, 2.24) is 4.90 Å². The van der Waals surface area contributed by atoms with Crippen molar-refractivity contribution < 1.29 is 27.1 Å². The lowest BCUT2D eigenvalue weighted by molar-refractivity contribution is -0.175. The van der Waals surface area contributed by atoms with Gasteiger partial charge < -0.3 is 18.8 Å². The summed E-state index contributed by atoms with van der Waals surface area (Å²) in [6.07, 6.45) is -4.40. The lowest BCUT2D eigenvalue weighted by Gasteiger charge is -2.30. The van der Waals surface area contributed by atoms with Gasteiger partial charge in [-0.3, -0.25) is 0 Å². The van der Waals surface area contributed by atoms with E-state index in [1.165, 1.54) is 6.07 Å². The number of halogens is 3. The summed E-state index contributed by atoms with van der Waals surface area (Å²) in [5.74, 6) is -1.15. The maximum atomic E-state index is 13.6. The van der Waals surface area contributed by atoms with E-state index in [-0.39, 0.29) is 11.9 Å². The first-order valence-electron chi connectivity index (χ1n) is 9.07. The molecule has 0 amide bonds. The second-order valence-electron chi connectivity index (χ2n) is 8.26. The van der Waals surface area contributed by atoms with E-state index in [0.29, 0.717) is 29.9 Å². The number of likely N-dealkylation sites (N-methyl/N-ethyl adjacent to an activating group) is 1. The van der Waals surface area contributed by atoms with Gasteiger partial charge in [-0.15, -0.1) is 0 Å². The molecule has 0 bridgehead atoms. The highest BCUT2D eigenvalue weighted by molar-refractivity contribution is 5.79. The van der Waals surface area contributed by atoms with Gasteiger partial charge in [-0.1, -0.05) is 20.8 Å². The smallest absolute Gasteiger partial charge is 0.399 e. The molecule has 2 atom stereocenters. The Morgan fingerprint density at radius 2 is 1.96 bits per heavy atom. The highest BCUT2D eigenvalue weighted by Gasteiger charge is 2.49. The van der Waals surface area contributed by atoms with Crippen LogP contribution in [0.4, 0.5) is 13.2 Å². The van der Waals surface area contributed by atoms with Gasteiger partial charge >= 0.3 is 6.18 Å². The number of ether oxygens (including phenoxy) is 2. The Balaban J connectivity index is 1.78. The number of rotatable bonds is 4. The van der Waals surface area contributed by atoms with Crippen molar-refractivity contribution >= 4 is 11.0 Å². The predicted molar refractivity (Wildman–Crippen MR) is 97.2 cm³/mol. The largest absolute Gasteiger partial charge is 0.491 e. The third-order valence-electron chi connectivity index (χ3n) is 4.76. The standard InChI is InChI=1S/C20H26F3NO3/c1-19(2,3)18(20(21,22)23)17-10-13-9-14(5-6-16(13)27-17)26-12-15-11-24(4)7-8-25-15/h5-6,9-10,15,18H,7-8,11-12H2,1-4H3. The minimum absolute atomic E-state index is 0.0186. The first kappa shape index (κ1) is 20.0. The van der Waals surface area contributed by atoms with Crippen molar-refractivity contribution in [1.29, 1.82) is 0 Å². The van der Waals surface area contributed by atoms with Crippen LogP contribution >= 0.6 is 0 Å². The Bertz CT molecular complexity index is 765. The quantitative estimate of drug-likeness (QED) is 0.755. The topological polar surface area (TPSA) is 34.8 Å². The molecule has 2 aromatic rings. The minimum atomic E-state index is -4.38. The molecular formula is C20H26F3NO3. The number of alkyl halides is 3. The molecule has 150 valence electrons. The van der Waals surface area contributed by atoms with Crippen LogP contribution in [0.15, 0.2) is 28.7 Å². The monoisotopic (exact) mass is 385 g/mol. The highest BCUT2D eigenvalue weighted by atomic mass is 19.4. The minimum Gasteiger partial charge on any atom is -0.491 e. The van der Waals surface area contributed by atoms with Gasteiger partial charge in [0.05, 0.1) is 6.61 Å². The zero-order chi connectivity index (χ0) is 19.8.